The van der Waals surface area contributed by atoms with Crippen molar-refractivity contribution in [3.63, 3.8) is 0 Å². The van der Waals surface area contributed by atoms with Crippen molar-refractivity contribution in [2.75, 3.05) is 6.61 Å². The van der Waals surface area contributed by atoms with Crippen LogP contribution in [0.2, 0.25) is 0 Å². The SMILES string of the molecule is CCOC(=O)CCCC1(O)CCCCC1. The number of ether oxygens (including phenoxy) is 1. The molecule has 88 valence electrons. The third kappa shape index (κ3) is 4.65. The fraction of sp³-hybridized carbons (Fsp3) is 0.917. The lowest BCUT2D eigenvalue weighted by atomic mass is 9.81. The van der Waals surface area contributed by atoms with Crippen LogP contribution in [0.15, 0.2) is 0 Å². The van der Waals surface area contributed by atoms with Gasteiger partial charge in [-0.25, -0.2) is 0 Å². The summed E-state index contributed by atoms with van der Waals surface area (Å²) >= 11 is 0. The minimum Gasteiger partial charge on any atom is -0.466 e. The van der Waals surface area contributed by atoms with Crippen molar-refractivity contribution in [3.8, 4) is 0 Å². The van der Waals surface area contributed by atoms with Crippen LogP contribution in [0, 0.1) is 0 Å². The van der Waals surface area contributed by atoms with Crippen molar-refractivity contribution in [2.24, 2.45) is 0 Å². The molecule has 0 spiro atoms. The van der Waals surface area contributed by atoms with E-state index in [1.807, 2.05) is 6.92 Å². The Morgan fingerprint density at radius 3 is 2.60 bits per heavy atom. The molecule has 0 aromatic rings. The van der Waals surface area contributed by atoms with Crippen molar-refractivity contribution in [3.05, 3.63) is 0 Å². The maximum absolute atomic E-state index is 11.1. The van der Waals surface area contributed by atoms with Gasteiger partial charge in [-0.1, -0.05) is 19.3 Å². The van der Waals surface area contributed by atoms with Crippen LogP contribution >= 0.6 is 0 Å². The Labute approximate surface area is 91.8 Å². The predicted molar refractivity (Wildman–Crippen MR) is 58.5 cm³/mol. The Hall–Kier alpha value is -0.570. The molecule has 0 unspecified atom stereocenters. The van der Waals surface area contributed by atoms with Gasteiger partial charge in [0.15, 0.2) is 0 Å². The number of hydrogen-bond acceptors (Lipinski definition) is 3. The van der Waals surface area contributed by atoms with Crippen LogP contribution in [0.1, 0.15) is 58.3 Å². The van der Waals surface area contributed by atoms with Crippen molar-refractivity contribution in [2.45, 2.75) is 63.9 Å². The topological polar surface area (TPSA) is 46.5 Å². The Bertz CT molecular complexity index is 195. The quantitative estimate of drug-likeness (QED) is 0.715. The minimum absolute atomic E-state index is 0.142. The minimum atomic E-state index is -0.495. The number of carbonyl (C=O) groups is 1. The number of esters is 1. The molecular weight excluding hydrogens is 192 g/mol. The summed E-state index contributed by atoms with van der Waals surface area (Å²) in [5, 5.41) is 10.2. The van der Waals surface area contributed by atoms with Crippen LogP contribution in [0.5, 0.6) is 0 Å². The molecule has 0 bridgehead atoms. The average molecular weight is 214 g/mol. The second kappa shape index (κ2) is 6.11. The van der Waals surface area contributed by atoms with E-state index in [0.717, 1.165) is 38.5 Å². The van der Waals surface area contributed by atoms with Gasteiger partial charge >= 0.3 is 5.97 Å². The molecule has 3 nitrogen and oxygen atoms in total. The lowest BCUT2D eigenvalue weighted by molar-refractivity contribution is -0.143. The summed E-state index contributed by atoms with van der Waals surface area (Å²) in [5.41, 5.74) is -0.495. The Balaban J connectivity index is 2.15. The molecule has 15 heavy (non-hydrogen) atoms. The molecule has 0 saturated heterocycles. The number of hydrogen-bond donors (Lipinski definition) is 1. The molecule has 0 aromatic heterocycles. The predicted octanol–water partition coefficient (Wildman–Crippen LogP) is 2.42. The summed E-state index contributed by atoms with van der Waals surface area (Å²) in [6, 6.07) is 0. The molecule has 1 fully saturated rings. The van der Waals surface area contributed by atoms with E-state index < -0.39 is 5.60 Å². The van der Waals surface area contributed by atoms with Crippen molar-refractivity contribution < 1.29 is 14.6 Å². The summed E-state index contributed by atoms with van der Waals surface area (Å²) in [7, 11) is 0. The first kappa shape index (κ1) is 12.5. The normalized spacial score (nSPS) is 19.9. The molecule has 0 heterocycles. The second-order valence-electron chi connectivity index (χ2n) is 4.44. The molecular formula is C12H22O3. The monoisotopic (exact) mass is 214 g/mol. The highest BCUT2D eigenvalue weighted by atomic mass is 16.5. The largest absolute Gasteiger partial charge is 0.466 e. The van der Waals surface area contributed by atoms with Crippen LogP contribution in [0.3, 0.4) is 0 Å². The fourth-order valence-electron chi connectivity index (χ4n) is 2.25. The van der Waals surface area contributed by atoms with Gasteiger partial charge in [0.25, 0.3) is 0 Å². The van der Waals surface area contributed by atoms with Gasteiger partial charge in [0.1, 0.15) is 0 Å². The zero-order chi connectivity index (χ0) is 11.1. The van der Waals surface area contributed by atoms with Gasteiger partial charge in [0.2, 0.25) is 0 Å². The smallest absolute Gasteiger partial charge is 0.305 e. The molecule has 1 aliphatic rings. The highest BCUT2D eigenvalue weighted by Crippen LogP contribution is 2.32. The Morgan fingerprint density at radius 1 is 1.33 bits per heavy atom. The zero-order valence-corrected chi connectivity index (χ0v) is 9.63. The van der Waals surface area contributed by atoms with E-state index >= 15 is 0 Å². The Morgan fingerprint density at radius 2 is 2.00 bits per heavy atom. The van der Waals surface area contributed by atoms with E-state index in [4.69, 9.17) is 4.74 Å². The van der Waals surface area contributed by atoms with Gasteiger partial charge in [-0.2, -0.15) is 0 Å². The first-order chi connectivity index (χ1) is 7.16. The van der Waals surface area contributed by atoms with E-state index in [2.05, 4.69) is 0 Å². The van der Waals surface area contributed by atoms with E-state index in [9.17, 15) is 9.90 Å². The van der Waals surface area contributed by atoms with E-state index in [-0.39, 0.29) is 5.97 Å². The molecule has 0 aromatic carbocycles. The first-order valence-corrected chi connectivity index (χ1v) is 6.04. The molecule has 1 saturated carbocycles. The third-order valence-electron chi connectivity index (χ3n) is 3.11. The van der Waals surface area contributed by atoms with E-state index in [1.165, 1.54) is 6.42 Å². The fourth-order valence-corrected chi connectivity index (χ4v) is 2.25. The summed E-state index contributed by atoms with van der Waals surface area (Å²) in [5.74, 6) is -0.142. The van der Waals surface area contributed by atoms with Crippen LogP contribution in [0.4, 0.5) is 0 Å². The molecule has 1 N–H and O–H groups in total. The maximum Gasteiger partial charge on any atom is 0.305 e. The van der Waals surface area contributed by atoms with Crippen LogP contribution in [0.25, 0.3) is 0 Å². The molecule has 3 heteroatoms. The van der Waals surface area contributed by atoms with Crippen LogP contribution < -0.4 is 0 Å². The highest BCUT2D eigenvalue weighted by molar-refractivity contribution is 5.69. The maximum atomic E-state index is 11.1. The molecule has 0 atom stereocenters. The van der Waals surface area contributed by atoms with E-state index in [1.54, 1.807) is 0 Å². The molecule has 1 aliphatic carbocycles. The zero-order valence-electron chi connectivity index (χ0n) is 9.63. The van der Waals surface area contributed by atoms with Crippen LogP contribution in [-0.4, -0.2) is 23.3 Å². The molecule has 0 aliphatic heterocycles. The number of aliphatic hydroxyl groups is 1. The summed E-state index contributed by atoms with van der Waals surface area (Å²) in [6.07, 6.45) is 7.20. The average Bonchev–Trinajstić information content (AvgIpc) is 2.19. The van der Waals surface area contributed by atoms with Gasteiger partial charge in [-0.3, -0.25) is 4.79 Å². The lowest BCUT2D eigenvalue weighted by Crippen LogP contribution is -2.31. The highest BCUT2D eigenvalue weighted by Gasteiger charge is 2.28. The van der Waals surface area contributed by atoms with Gasteiger partial charge in [0.05, 0.1) is 12.2 Å². The lowest BCUT2D eigenvalue weighted by Gasteiger charge is -2.31. The van der Waals surface area contributed by atoms with Crippen molar-refractivity contribution in [1.82, 2.24) is 0 Å². The van der Waals surface area contributed by atoms with Gasteiger partial charge < -0.3 is 9.84 Å². The number of carbonyl (C=O) groups excluding carboxylic acids is 1. The van der Waals surface area contributed by atoms with Gasteiger partial charge in [0, 0.05) is 6.42 Å². The summed E-state index contributed by atoms with van der Waals surface area (Å²) < 4.78 is 4.84. The molecule has 0 amide bonds. The van der Waals surface area contributed by atoms with Gasteiger partial charge in [-0.15, -0.1) is 0 Å². The van der Waals surface area contributed by atoms with Crippen LogP contribution in [-0.2, 0) is 9.53 Å². The standard InChI is InChI=1S/C12H22O3/c1-2-15-11(13)7-6-10-12(14)8-4-3-5-9-12/h14H,2-10H2,1H3. The Kier molecular flexibility index (Phi) is 5.09. The van der Waals surface area contributed by atoms with Crippen molar-refractivity contribution >= 4 is 5.97 Å². The second-order valence-corrected chi connectivity index (χ2v) is 4.44. The molecule has 1 rings (SSSR count). The van der Waals surface area contributed by atoms with E-state index in [0.29, 0.717) is 13.0 Å². The van der Waals surface area contributed by atoms with Gasteiger partial charge in [-0.05, 0) is 32.6 Å². The first-order valence-electron chi connectivity index (χ1n) is 6.04. The number of rotatable bonds is 5. The third-order valence-corrected chi connectivity index (χ3v) is 3.11. The van der Waals surface area contributed by atoms with Crippen molar-refractivity contribution in [1.29, 1.82) is 0 Å². The summed E-state index contributed by atoms with van der Waals surface area (Å²) in [4.78, 5) is 11.1. The molecule has 0 radical (unpaired) electrons. The summed E-state index contributed by atoms with van der Waals surface area (Å²) in [6.45, 7) is 2.26.